The van der Waals surface area contributed by atoms with Crippen LogP contribution in [0.4, 0.5) is 15.8 Å². The lowest BCUT2D eigenvalue weighted by atomic mass is 9.69. The van der Waals surface area contributed by atoms with E-state index in [1.807, 2.05) is 13.1 Å². The molecule has 3 fully saturated rings. The zero-order valence-corrected chi connectivity index (χ0v) is 24.5. The molecular weight excluding hydrogens is 497 g/mol. The maximum absolute atomic E-state index is 14.6. The van der Waals surface area contributed by atoms with E-state index >= 15 is 0 Å². The third-order valence-electron chi connectivity index (χ3n) is 9.90. The lowest BCUT2D eigenvalue weighted by molar-refractivity contribution is 0.112. The number of nitrogens with zero attached hydrogens (tertiary/aromatic N) is 3. The Morgan fingerprint density at radius 3 is 2.27 bits per heavy atom. The summed E-state index contributed by atoms with van der Waals surface area (Å²) >= 11 is 0. The summed E-state index contributed by atoms with van der Waals surface area (Å²) in [6.45, 7) is 6.00. The van der Waals surface area contributed by atoms with Crippen LogP contribution in [0, 0.1) is 11.7 Å². The Kier molecular flexibility index (Phi) is 9.20. The highest BCUT2D eigenvalue weighted by atomic mass is 19.1. The first kappa shape index (κ1) is 28.7. The van der Waals surface area contributed by atoms with Gasteiger partial charge in [-0.25, -0.2) is 4.39 Å². The van der Waals surface area contributed by atoms with E-state index in [2.05, 4.69) is 47.7 Å². The number of allylic oxidation sites excluding steroid dienone is 1. The van der Waals surface area contributed by atoms with Crippen molar-refractivity contribution >= 4 is 23.5 Å². The SMILES string of the molecule is C=CC1CCCCC1.CN=C1N(c2cccc(F)c2C=O)c2cc(C3CCN(C)CC3)ccc2C12CCCCC2. The van der Waals surface area contributed by atoms with Crippen LogP contribution in [0.25, 0.3) is 0 Å². The molecule has 4 nitrogen and oxygen atoms in total. The van der Waals surface area contributed by atoms with Crippen molar-refractivity contribution in [3.05, 3.63) is 71.6 Å². The van der Waals surface area contributed by atoms with Gasteiger partial charge >= 0.3 is 0 Å². The van der Waals surface area contributed by atoms with Gasteiger partial charge in [0.15, 0.2) is 6.29 Å². The van der Waals surface area contributed by atoms with Crippen molar-refractivity contribution in [1.82, 2.24) is 4.90 Å². The second-order valence-electron chi connectivity index (χ2n) is 12.3. The summed E-state index contributed by atoms with van der Waals surface area (Å²) in [6.07, 6.45) is 17.8. The molecule has 2 saturated carbocycles. The van der Waals surface area contributed by atoms with Gasteiger partial charge in [-0.3, -0.25) is 14.7 Å². The normalized spacial score (nSPS) is 22.6. The van der Waals surface area contributed by atoms with Crippen LogP contribution in [-0.2, 0) is 5.41 Å². The van der Waals surface area contributed by atoms with Crippen LogP contribution >= 0.6 is 0 Å². The fraction of sp³-hybridized carbons (Fsp3) is 0.543. The molecule has 214 valence electrons. The van der Waals surface area contributed by atoms with Crippen molar-refractivity contribution in [1.29, 1.82) is 0 Å². The van der Waals surface area contributed by atoms with Gasteiger partial charge in [0.25, 0.3) is 0 Å². The summed E-state index contributed by atoms with van der Waals surface area (Å²) < 4.78 is 14.6. The number of benzene rings is 2. The second-order valence-corrected chi connectivity index (χ2v) is 12.3. The van der Waals surface area contributed by atoms with E-state index in [9.17, 15) is 9.18 Å². The van der Waals surface area contributed by atoms with Gasteiger partial charge in [-0.1, -0.05) is 62.8 Å². The minimum absolute atomic E-state index is 0.108. The van der Waals surface area contributed by atoms with Gasteiger partial charge in [-0.2, -0.15) is 0 Å². The second kappa shape index (κ2) is 12.8. The summed E-state index contributed by atoms with van der Waals surface area (Å²) in [5.74, 6) is 1.86. The number of piperidine rings is 1. The highest BCUT2D eigenvalue weighted by Gasteiger charge is 2.50. The number of halogens is 1. The van der Waals surface area contributed by atoms with E-state index in [1.54, 1.807) is 6.07 Å². The Hall–Kier alpha value is -2.79. The molecule has 4 aliphatic rings. The zero-order chi connectivity index (χ0) is 28.1. The van der Waals surface area contributed by atoms with E-state index in [4.69, 9.17) is 4.99 Å². The number of carbonyl (C=O) groups excluding carboxylic acids is 1. The molecule has 0 atom stereocenters. The molecule has 1 saturated heterocycles. The number of carbonyl (C=O) groups is 1. The van der Waals surface area contributed by atoms with Gasteiger partial charge in [0.2, 0.25) is 0 Å². The minimum Gasteiger partial charge on any atom is -0.306 e. The van der Waals surface area contributed by atoms with Gasteiger partial charge in [-0.05, 0) is 99.8 Å². The molecule has 2 aromatic carbocycles. The van der Waals surface area contributed by atoms with Crippen molar-refractivity contribution < 1.29 is 9.18 Å². The molecule has 2 aliphatic heterocycles. The van der Waals surface area contributed by atoms with Crippen LogP contribution in [0.2, 0.25) is 0 Å². The molecule has 40 heavy (non-hydrogen) atoms. The average Bonchev–Trinajstić information content (AvgIpc) is 3.26. The minimum atomic E-state index is -0.481. The molecule has 5 heteroatoms. The summed E-state index contributed by atoms with van der Waals surface area (Å²) in [6, 6.07) is 11.8. The number of rotatable bonds is 4. The van der Waals surface area contributed by atoms with Crippen molar-refractivity contribution in [2.24, 2.45) is 10.9 Å². The predicted octanol–water partition coefficient (Wildman–Crippen LogP) is 8.58. The van der Waals surface area contributed by atoms with Crippen LogP contribution < -0.4 is 4.90 Å². The molecule has 0 bridgehead atoms. The van der Waals surface area contributed by atoms with Crippen molar-refractivity contribution in [2.45, 2.75) is 88.4 Å². The topological polar surface area (TPSA) is 35.9 Å². The highest BCUT2D eigenvalue weighted by molar-refractivity contribution is 6.17. The summed E-state index contributed by atoms with van der Waals surface area (Å²) in [7, 11) is 4.02. The van der Waals surface area contributed by atoms with Crippen LogP contribution in [0.5, 0.6) is 0 Å². The van der Waals surface area contributed by atoms with Crippen LogP contribution in [0.3, 0.4) is 0 Å². The molecule has 0 amide bonds. The number of hydrogen-bond acceptors (Lipinski definition) is 3. The molecule has 6 rings (SSSR count). The summed E-state index contributed by atoms with van der Waals surface area (Å²) in [5, 5.41) is 0. The zero-order valence-electron chi connectivity index (χ0n) is 24.5. The van der Waals surface area contributed by atoms with Crippen LogP contribution in [-0.4, -0.2) is 44.2 Å². The van der Waals surface area contributed by atoms with E-state index in [1.165, 1.54) is 55.7 Å². The van der Waals surface area contributed by atoms with E-state index < -0.39 is 5.82 Å². The van der Waals surface area contributed by atoms with Crippen molar-refractivity contribution in [3.63, 3.8) is 0 Å². The molecule has 0 N–H and O–H groups in total. The van der Waals surface area contributed by atoms with Gasteiger partial charge in [-0.15, -0.1) is 6.58 Å². The van der Waals surface area contributed by atoms with Gasteiger partial charge < -0.3 is 4.90 Å². The predicted molar refractivity (Wildman–Crippen MR) is 165 cm³/mol. The first-order valence-corrected chi connectivity index (χ1v) is 15.5. The number of anilines is 2. The largest absolute Gasteiger partial charge is 0.306 e. The van der Waals surface area contributed by atoms with Gasteiger partial charge in [0.05, 0.1) is 22.4 Å². The molecule has 0 radical (unpaired) electrons. The van der Waals surface area contributed by atoms with E-state index in [-0.39, 0.29) is 11.0 Å². The number of likely N-dealkylation sites (tertiary alicyclic amines) is 1. The first-order valence-electron chi connectivity index (χ1n) is 15.5. The Balaban J connectivity index is 0.000000348. The van der Waals surface area contributed by atoms with Crippen molar-refractivity contribution in [2.75, 3.05) is 32.1 Å². The molecule has 2 aliphatic carbocycles. The quantitative estimate of drug-likeness (QED) is 0.286. The Labute approximate surface area is 240 Å². The number of aliphatic imine (C=N–C) groups is 1. The lowest BCUT2D eigenvalue weighted by Crippen LogP contribution is -2.40. The third kappa shape index (κ3) is 5.54. The fourth-order valence-electron chi connectivity index (χ4n) is 7.60. The van der Waals surface area contributed by atoms with E-state index in [0.717, 1.165) is 69.1 Å². The molecule has 0 aromatic heterocycles. The standard InChI is InChI=1S/C27H32FN3O.C8H14/c1-29-26-27(13-4-3-5-14-27)22-10-9-20(19-11-15-30(2)16-12-19)17-25(22)31(26)24-8-6-7-23(28)21(24)18-32;1-2-8-6-4-3-5-7-8/h6-10,17-19H,3-5,11-16H2,1-2H3;2,8H,1,3-7H2. The number of aldehydes is 1. The Morgan fingerprint density at radius 2 is 1.65 bits per heavy atom. The highest BCUT2D eigenvalue weighted by Crippen LogP contribution is 2.54. The molecule has 1 spiro atoms. The Bertz CT molecular complexity index is 1220. The maximum Gasteiger partial charge on any atom is 0.155 e. The maximum atomic E-state index is 14.6. The first-order chi connectivity index (χ1) is 19.5. The number of fused-ring (bicyclic) bond motifs is 2. The summed E-state index contributed by atoms with van der Waals surface area (Å²) in [4.78, 5) is 21.2. The smallest absolute Gasteiger partial charge is 0.155 e. The third-order valence-corrected chi connectivity index (χ3v) is 9.90. The molecule has 2 heterocycles. The van der Waals surface area contributed by atoms with Gasteiger partial charge in [0.1, 0.15) is 11.7 Å². The summed E-state index contributed by atoms with van der Waals surface area (Å²) in [5.41, 5.74) is 4.27. The monoisotopic (exact) mass is 543 g/mol. The van der Waals surface area contributed by atoms with E-state index in [0.29, 0.717) is 17.9 Å². The van der Waals surface area contributed by atoms with Crippen LogP contribution in [0.1, 0.15) is 104 Å². The molecule has 0 unspecified atom stereocenters. The van der Waals surface area contributed by atoms with Crippen molar-refractivity contribution in [3.8, 4) is 0 Å². The number of hydrogen-bond donors (Lipinski definition) is 0. The average molecular weight is 544 g/mol. The van der Waals surface area contributed by atoms with Gasteiger partial charge in [0, 0.05) is 7.05 Å². The Morgan fingerprint density at radius 1 is 0.950 bits per heavy atom. The molecule has 2 aromatic rings. The van der Waals surface area contributed by atoms with Crippen LogP contribution in [0.15, 0.2) is 54.0 Å². The lowest BCUT2D eigenvalue weighted by Gasteiger charge is -2.35. The number of amidine groups is 1. The fourth-order valence-corrected chi connectivity index (χ4v) is 7.60. The molecular formula is C35H46FN3O.